The molecule has 0 bridgehead atoms. The average Bonchev–Trinajstić information content (AvgIpc) is 2.88. The SMILES string of the molecule is CC1CCC(CNS(=O)(=O)c2cc(CN)cs2)CC1. The number of hydrogen-bond acceptors (Lipinski definition) is 4. The maximum atomic E-state index is 12.1. The summed E-state index contributed by atoms with van der Waals surface area (Å²) in [6, 6.07) is 1.66. The van der Waals surface area contributed by atoms with Gasteiger partial charge in [-0.25, -0.2) is 13.1 Å². The summed E-state index contributed by atoms with van der Waals surface area (Å²) in [5.41, 5.74) is 6.37. The molecule has 6 heteroatoms. The zero-order chi connectivity index (χ0) is 13.9. The van der Waals surface area contributed by atoms with Crippen LogP contribution in [0.1, 0.15) is 38.2 Å². The van der Waals surface area contributed by atoms with E-state index in [4.69, 9.17) is 5.73 Å². The fourth-order valence-corrected chi connectivity index (χ4v) is 4.82. The molecule has 0 unspecified atom stereocenters. The molecule has 1 aromatic rings. The van der Waals surface area contributed by atoms with Gasteiger partial charge >= 0.3 is 0 Å². The molecule has 2 rings (SSSR count). The molecule has 1 fully saturated rings. The van der Waals surface area contributed by atoms with Gasteiger partial charge in [0.15, 0.2) is 0 Å². The molecule has 3 N–H and O–H groups in total. The van der Waals surface area contributed by atoms with E-state index >= 15 is 0 Å². The monoisotopic (exact) mass is 302 g/mol. The molecule has 0 saturated heterocycles. The summed E-state index contributed by atoms with van der Waals surface area (Å²) in [6.45, 7) is 3.21. The lowest BCUT2D eigenvalue weighted by molar-refractivity contribution is 0.290. The highest BCUT2D eigenvalue weighted by Gasteiger charge is 2.22. The normalized spacial score (nSPS) is 24.5. The summed E-state index contributed by atoms with van der Waals surface area (Å²) in [5, 5.41) is 1.80. The van der Waals surface area contributed by atoms with E-state index in [-0.39, 0.29) is 0 Å². The molecule has 1 aliphatic rings. The molecule has 0 aliphatic heterocycles. The fraction of sp³-hybridized carbons (Fsp3) is 0.692. The van der Waals surface area contributed by atoms with Crippen molar-refractivity contribution in [2.24, 2.45) is 17.6 Å². The van der Waals surface area contributed by atoms with Crippen molar-refractivity contribution in [2.75, 3.05) is 6.54 Å². The standard InChI is InChI=1S/C13H22N2O2S2/c1-10-2-4-11(5-3-10)8-15-19(16,17)13-6-12(7-14)9-18-13/h6,9-11,15H,2-5,7-8,14H2,1H3. The first-order valence-corrected chi connectivity index (χ1v) is 9.14. The summed E-state index contributed by atoms with van der Waals surface area (Å²) in [5.74, 6) is 1.28. The van der Waals surface area contributed by atoms with Gasteiger partial charge in [-0.1, -0.05) is 19.8 Å². The van der Waals surface area contributed by atoms with Gasteiger partial charge in [0.2, 0.25) is 10.0 Å². The molecule has 4 nitrogen and oxygen atoms in total. The van der Waals surface area contributed by atoms with Crippen molar-refractivity contribution in [2.45, 2.75) is 43.4 Å². The molecule has 19 heavy (non-hydrogen) atoms. The lowest BCUT2D eigenvalue weighted by atomic mass is 9.83. The lowest BCUT2D eigenvalue weighted by Crippen LogP contribution is -2.30. The number of nitrogens with two attached hydrogens (primary N) is 1. The second-order valence-electron chi connectivity index (χ2n) is 5.46. The highest BCUT2D eigenvalue weighted by molar-refractivity contribution is 7.91. The summed E-state index contributed by atoms with van der Waals surface area (Å²) >= 11 is 1.24. The summed E-state index contributed by atoms with van der Waals surface area (Å²) in [7, 11) is -3.35. The topological polar surface area (TPSA) is 72.2 Å². The molecular weight excluding hydrogens is 280 g/mol. The van der Waals surface area contributed by atoms with Crippen molar-refractivity contribution in [3.63, 3.8) is 0 Å². The van der Waals surface area contributed by atoms with Crippen molar-refractivity contribution < 1.29 is 8.42 Å². The van der Waals surface area contributed by atoms with E-state index in [2.05, 4.69) is 11.6 Å². The van der Waals surface area contributed by atoms with E-state index in [9.17, 15) is 8.42 Å². The molecule has 108 valence electrons. The largest absolute Gasteiger partial charge is 0.326 e. The van der Waals surface area contributed by atoms with Crippen LogP contribution < -0.4 is 10.5 Å². The highest BCUT2D eigenvalue weighted by Crippen LogP contribution is 2.28. The van der Waals surface area contributed by atoms with Gasteiger partial charge in [0.05, 0.1) is 0 Å². The van der Waals surface area contributed by atoms with Crippen LogP contribution in [0.15, 0.2) is 15.7 Å². The summed E-state index contributed by atoms with van der Waals surface area (Å²) in [4.78, 5) is 0. The molecule has 1 aliphatic carbocycles. The molecule has 0 radical (unpaired) electrons. The molecule has 1 aromatic heterocycles. The molecule has 0 amide bonds. The quantitative estimate of drug-likeness (QED) is 0.876. The van der Waals surface area contributed by atoms with Gasteiger partial charge in [-0.2, -0.15) is 0 Å². The van der Waals surface area contributed by atoms with Crippen LogP contribution in [-0.4, -0.2) is 15.0 Å². The Bertz CT molecular complexity index is 502. The average molecular weight is 302 g/mol. The lowest BCUT2D eigenvalue weighted by Gasteiger charge is -2.26. The fourth-order valence-electron chi connectivity index (χ4n) is 2.43. The molecule has 1 heterocycles. The summed E-state index contributed by atoms with van der Waals surface area (Å²) in [6.07, 6.45) is 4.68. The van der Waals surface area contributed by atoms with E-state index in [1.165, 1.54) is 24.2 Å². The minimum Gasteiger partial charge on any atom is -0.326 e. The van der Waals surface area contributed by atoms with Gasteiger partial charge < -0.3 is 5.73 Å². The Morgan fingerprint density at radius 1 is 1.37 bits per heavy atom. The molecule has 0 spiro atoms. The Kier molecular flexibility index (Phi) is 5.00. The van der Waals surface area contributed by atoms with Crippen molar-refractivity contribution in [3.05, 3.63) is 17.0 Å². The Balaban J connectivity index is 1.90. The third-order valence-electron chi connectivity index (χ3n) is 3.83. The maximum Gasteiger partial charge on any atom is 0.250 e. The van der Waals surface area contributed by atoms with Gasteiger partial charge in [0.1, 0.15) is 4.21 Å². The van der Waals surface area contributed by atoms with Crippen LogP contribution in [0.5, 0.6) is 0 Å². The van der Waals surface area contributed by atoms with Crippen molar-refractivity contribution >= 4 is 21.4 Å². The maximum absolute atomic E-state index is 12.1. The minimum atomic E-state index is -3.35. The molecule has 1 saturated carbocycles. The highest BCUT2D eigenvalue weighted by atomic mass is 32.2. The second kappa shape index (κ2) is 6.35. The van der Waals surface area contributed by atoms with Crippen LogP contribution in [0.25, 0.3) is 0 Å². The van der Waals surface area contributed by atoms with Crippen molar-refractivity contribution in [1.82, 2.24) is 4.72 Å². The van der Waals surface area contributed by atoms with Crippen molar-refractivity contribution in [3.8, 4) is 0 Å². The Morgan fingerprint density at radius 2 is 2.05 bits per heavy atom. The second-order valence-corrected chi connectivity index (χ2v) is 8.36. The van der Waals surface area contributed by atoms with Gasteiger partial charge in [-0.05, 0) is 41.7 Å². The predicted molar refractivity (Wildman–Crippen MR) is 78.5 cm³/mol. The van der Waals surface area contributed by atoms with Crippen LogP contribution >= 0.6 is 11.3 Å². The zero-order valence-corrected chi connectivity index (χ0v) is 12.9. The predicted octanol–water partition coefficient (Wildman–Crippen LogP) is 2.31. The first-order valence-electron chi connectivity index (χ1n) is 6.78. The van der Waals surface area contributed by atoms with Gasteiger partial charge in [-0.3, -0.25) is 0 Å². The molecular formula is C13H22N2O2S2. The third kappa shape index (κ3) is 4.02. The number of thiophene rings is 1. The first kappa shape index (κ1) is 15.0. The first-order chi connectivity index (χ1) is 9.01. The van der Waals surface area contributed by atoms with Gasteiger partial charge in [-0.15, -0.1) is 11.3 Å². The van der Waals surface area contributed by atoms with Crippen LogP contribution in [-0.2, 0) is 16.6 Å². The molecule has 0 atom stereocenters. The van der Waals surface area contributed by atoms with Crippen LogP contribution in [0.4, 0.5) is 0 Å². The Hall–Kier alpha value is -0.430. The summed E-state index contributed by atoms with van der Waals surface area (Å²) < 4.78 is 27.4. The zero-order valence-electron chi connectivity index (χ0n) is 11.3. The van der Waals surface area contributed by atoms with E-state index in [1.54, 1.807) is 11.4 Å². The smallest absolute Gasteiger partial charge is 0.250 e. The number of sulfonamides is 1. The van der Waals surface area contributed by atoms with Gasteiger partial charge in [0.25, 0.3) is 0 Å². The van der Waals surface area contributed by atoms with Gasteiger partial charge in [0, 0.05) is 13.1 Å². The van der Waals surface area contributed by atoms with Crippen LogP contribution in [0.3, 0.4) is 0 Å². The minimum absolute atomic E-state index is 0.372. The third-order valence-corrected chi connectivity index (χ3v) is 6.74. The van der Waals surface area contributed by atoms with E-state index in [0.29, 0.717) is 23.2 Å². The van der Waals surface area contributed by atoms with Crippen molar-refractivity contribution in [1.29, 1.82) is 0 Å². The Labute approximate surface area is 119 Å². The van der Waals surface area contributed by atoms with E-state index < -0.39 is 10.0 Å². The van der Waals surface area contributed by atoms with Crippen LogP contribution in [0, 0.1) is 11.8 Å². The van der Waals surface area contributed by atoms with Crippen LogP contribution in [0.2, 0.25) is 0 Å². The van der Waals surface area contributed by atoms with E-state index in [1.807, 2.05) is 0 Å². The number of hydrogen-bond donors (Lipinski definition) is 2. The number of nitrogens with one attached hydrogen (secondary N) is 1. The number of rotatable bonds is 5. The molecule has 0 aromatic carbocycles. The van der Waals surface area contributed by atoms with E-state index in [0.717, 1.165) is 24.3 Å². The Morgan fingerprint density at radius 3 is 2.63 bits per heavy atom.